The number of fused-ring (bicyclic) bond motifs is 5. The van der Waals surface area contributed by atoms with E-state index in [-0.39, 0.29) is 5.41 Å². The summed E-state index contributed by atoms with van der Waals surface area (Å²) in [5.74, 6) is 2.08. The maximum absolute atomic E-state index is 12.3. The molecule has 8 atom stereocenters. The van der Waals surface area contributed by atoms with E-state index >= 15 is 0 Å². The molecule has 4 fully saturated rings. The number of nitrogens with zero attached hydrogens (tertiary/aromatic N) is 2. The number of hydrogen-bond acceptors (Lipinski definition) is 6. The largest absolute Gasteiger partial charge is 0.395 e. The molecule has 4 aliphatic carbocycles. The van der Waals surface area contributed by atoms with Crippen molar-refractivity contribution < 1.29 is 14.7 Å². The van der Waals surface area contributed by atoms with Gasteiger partial charge in [-0.3, -0.25) is 0 Å². The zero-order chi connectivity index (χ0) is 23.7. The van der Waals surface area contributed by atoms with Crippen LogP contribution in [0.15, 0.2) is 5.16 Å². The number of likely N-dealkylation sites (N-methyl/N-ethyl adjacent to an activating group) is 1. The van der Waals surface area contributed by atoms with Crippen LogP contribution in [0.2, 0.25) is 0 Å². The van der Waals surface area contributed by atoms with Crippen molar-refractivity contribution in [1.82, 2.24) is 4.90 Å². The van der Waals surface area contributed by atoms with Crippen molar-refractivity contribution in [3.8, 4) is 0 Å². The maximum atomic E-state index is 12.3. The van der Waals surface area contributed by atoms with Crippen LogP contribution >= 0.6 is 0 Å². The van der Waals surface area contributed by atoms with Crippen molar-refractivity contribution in [2.45, 2.75) is 89.8 Å². The van der Waals surface area contributed by atoms with E-state index in [0.717, 1.165) is 57.6 Å². The first-order valence-electron chi connectivity index (χ1n) is 13.6. The molecule has 0 unspecified atom stereocenters. The van der Waals surface area contributed by atoms with E-state index in [2.05, 4.69) is 23.9 Å². The number of hydrogen-bond donors (Lipinski definition) is 2. The first kappa shape index (κ1) is 25.4. The first-order valence-corrected chi connectivity index (χ1v) is 13.6. The average Bonchev–Trinajstić information content (AvgIpc) is 3.04. The van der Waals surface area contributed by atoms with Crippen molar-refractivity contribution >= 4 is 6.21 Å². The fourth-order valence-corrected chi connectivity index (χ4v) is 8.34. The van der Waals surface area contributed by atoms with Gasteiger partial charge in [-0.05, 0) is 108 Å². The number of ether oxygens (including phenoxy) is 1. The third kappa shape index (κ3) is 4.62. The highest BCUT2D eigenvalue weighted by Gasteiger charge is 2.67. The van der Waals surface area contributed by atoms with E-state index in [1.165, 1.54) is 25.7 Å². The average molecular weight is 464 g/mol. The van der Waals surface area contributed by atoms with E-state index in [1.54, 1.807) is 0 Å². The summed E-state index contributed by atoms with van der Waals surface area (Å²) in [6, 6.07) is 0. The zero-order valence-corrected chi connectivity index (χ0v) is 21.6. The van der Waals surface area contributed by atoms with Crippen LogP contribution in [-0.4, -0.2) is 68.3 Å². The van der Waals surface area contributed by atoms with Gasteiger partial charge in [-0.25, -0.2) is 0 Å². The minimum absolute atomic E-state index is 0.0890. The summed E-state index contributed by atoms with van der Waals surface area (Å²) in [4.78, 5) is 7.63. The molecule has 4 saturated carbocycles. The summed E-state index contributed by atoms with van der Waals surface area (Å²) in [5.41, 5.74) is 5.33. The molecule has 190 valence electrons. The van der Waals surface area contributed by atoms with Crippen molar-refractivity contribution in [3.63, 3.8) is 0 Å². The second-order valence-electron chi connectivity index (χ2n) is 12.3. The van der Waals surface area contributed by atoms with Crippen LogP contribution in [0.3, 0.4) is 0 Å². The third-order valence-electron chi connectivity index (χ3n) is 10.5. The van der Waals surface area contributed by atoms with Gasteiger partial charge in [0, 0.05) is 30.7 Å². The highest BCUT2D eigenvalue weighted by atomic mass is 16.6. The van der Waals surface area contributed by atoms with Gasteiger partial charge >= 0.3 is 0 Å². The minimum atomic E-state index is -0.571. The Balaban J connectivity index is 1.42. The molecule has 0 bridgehead atoms. The molecule has 0 spiro atoms. The van der Waals surface area contributed by atoms with Crippen LogP contribution < -0.4 is 5.73 Å². The lowest BCUT2D eigenvalue weighted by Crippen LogP contribution is -2.62. The smallest absolute Gasteiger partial charge is 0.129 e. The van der Waals surface area contributed by atoms with Gasteiger partial charge in [0.05, 0.1) is 11.7 Å². The predicted molar refractivity (Wildman–Crippen MR) is 133 cm³/mol. The number of rotatable bonds is 9. The fraction of sp³-hybridized carbons (Fsp3) is 0.963. The van der Waals surface area contributed by atoms with Gasteiger partial charge in [0.15, 0.2) is 0 Å². The molecule has 0 saturated heterocycles. The lowest BCUT2D eigenvalue weighted by Gasteiger charge is -2.63. The summed E-state index contributed by atoms with van der Waals surface area (Å²) in [6.07, 6.45) is 13.6. The molecule has 4 rings (SSSR count). The molecule has 0 radical (unpaired) electrons. The molecule has 0 aromatic carbocycles. The summed E-state index contributed by atoms with van der Waals surface area (Å²) in [6.45, 7) is 7.87. The third-order valence-corrected chi connectivity index (χ3v) is 10.5. The lowest BCUT2D eigenvalue weighted by atomic mass is 9.43. The van der Waals surface area contributed by atoms with Crippen molar-refractivity contribution in [2.75, 3.05) is 40.4 Å². The number of nitrogens with two attached hydrogens (primary N) is 1. The fourth-order valence-electron chi connectivity index (χ4n) is 8.34. The van der Waals surface area contributed by atoms with E-state index in [9.17, 15) is 5.11 Å². The molecule has 0 heterocycles. The van der Waals surface area contributed by atoms with Crippen LogP contribution in [0, 0.1) is 34.5 Å². The summed E-state index contributed by atoms with van der Waals surface area (Å²) >= 11 is 0. The van der Waals surface area contributed by atoms with Gasteiger partial charge in [0.25, 0.3) is 0 Å². The van der Waals surface area contributed by atoms with Gasteiger partial charge in [0.1, 0.15) is 6.61 Å². The van der Waals surface area contributed by atoms with E-state index in [0.29, 0.717) is 42.4 Å². The normalized spacial score (nSPS) is 45.1. The molecular formula is C27H49N3O3. The Labute approximate surface area is 201 Å². The Morgan fingerprint density at radius 3 is 2.61 bits per heavy atom. The number of aliphatic hydroxyl groups is 1. The highest BCUT2D eigenvalue weighted by molar-refractivity contribution is 5.63. The standard InChI is InChI=1S/C27H49N3O3/c1-25-11-9-22(32-16-5-14-28)18-20(25)6-7-24-23(25)10-12-26(2)21(8-13-27(24,26)31)19-29-33-17-15-30(3)4/h19-24,31H,5-18,28H2,1-4H3/b29-19+/t20-,21-,22+,23+,24-,25+,26-,27+/m1/s1. The van der Waals surface area contributed by atoms with Crippen LogP contribution in [-0.2, 0) is 9.57 Å². The summed E-state index contributed by atoms with van der Waals surface area (Å²) < 4.78 is 6.18. The van der Waals surface area contributed by atoms with Crippen LogP contribution in [0.1, 0.15) is 78.1 Å². The van der Waals surface area contributed by atoms with Crippen LogP contribution in [0.5, 0.6) is 0 Å². The van der Waals surface area contributed by atoms with Gasteiger partial charge in [0.2, 0.25) is 0 Å². The second kappa shape index (κ2) is 10.1. The first-order chi connectivity index (χ1) is 15.7. The Kier molecular flexibility index (Phi) is 7.79. The van der Waals surface area contributed by atoms with Gasteiger partial charge in [-0.2, -0.15) is 0 Å². The zero-order valence-electron chi connectivity index (χ0n) is 21.6. The second-order valence-corrected chi connectivity index (χ2v) is 12.3. The maximum Gasteiger partial charge on any atom is 0.129 e. The molecule has 6 nitrogen and oxygen atoms in total. The molecule has 0 aromatic heterocycles. The molecule has 4 aliphatic rings. The summed E-state index contributed by atoms with van der Waals surface area (Å²) in [7, 11) is 4.08. The molecule has 6 heteroatoms. The Morgan fingerprint density at radius 1 is 1.03 bits per heavy atom. The van der Waals surface area contributed by atoms with E-state index < -0.39 is 5.60 Å². The van der Waals surface area contributed by atoms with Gasteiger partial charge < -0.3 is 25.3 Å². The molecule has 0 aromatic rings. The monoisotopic (exact) mass is 463 g/mol. The lowest BCUT2D eigenvalue weighted by molar-refractivity contribution is -0.207. The quantitative estimate of drug-likeness (QED) is 0.306. The minimum Gasteiger partial charge on any atom is -0.395 e. The molecule has 33 heavy (non-hydrogen) atoms. The molecule has 0 aliphatic heterocycles. The SMILES string of the molecule is CN(C)CCO/N=C/[C@H]1CC[C@]2(O)[C@@H]3CC[C@@H]4C[C@@H](OCCCN)CC[C@]4(C)[C@H]3CC[C@]12C. The molecule has 0 amide bonds. The predicted octanol–water partition coefficient (Wildman–Crippen LogP) is 4.06. The van der Waals surface area contributed by atoms with Crippen molar-refractivity contribution in [2.24, 2.45) is 45.4 Å². The Morgan fingerprint density at radius 2 is 1.85 bits per heavy atom. The topological polar surface area (TPSA) is 80.3 Å². The van der Waals surface area contributed by atoms with E-state index in [1.807, 2.05) is 20.3 Å². The van der Waals surface area contributed by atoms with Crippen molar-refractivity contribution in [3.05, 3.63) is 0 Å². The van der Waals surface area contributed by atoms with Crippen LogP contribution in [0.25, 0.3) is 0 Å². The Bertz CT molecular complexity index is 688. The Hall–Kier alpha value is -0.690. The summed E-state index contributed by atoms with van der Waals surface area (Å²) in [5, 5.41) is 16.6. The number of oxime groups is 1. The molecule has 3 N–H and O–H groups in total. The highest BCUT2D eigenvalue weighted by Crippen LogP contribution is 2.68. The van der Waals surface area contributed by atoms with Crippen molar-refractivity contribution in [1.29, 1.82) is 0 Å². The van der Waals surface area contributed by atoms with E-state index in [4.69, 9.17) is 15.3 Å². The molecular weight excluding hydrogens is 414 g/mol. The van der Waals surface area contributed by atoms with Gasteiger partial charge in [-0.15, -0.1) is 0 Å². The van der Waals surface area contributed by atoms with Crippen LogP contribution in [0.4, 0.5) is 0 Å². The van der Waals surface area contributed by atoms with Gasteiger partial charge in [-0.1, -0.05) is 19.0 Å².